The van der Waals surface area contributed by atoms with Gasteiger partial charge in [0.1, 0.15) is 11.9 Å². The fraction of sp³-hybridized carbons (Fsp3) is 0.200. The van der Waals surface area contributed by atoms with E-state index in [1.165, 1.54) is 12.3 Å². The average Bonchev–Trinajstić information content (AvgIpc) is 2.55. The fourth-order valence-corrected chi connectivity index (χ4v) is 1.84. The van der Waals surface area contributed by atoms with E-state index in [0.717, 1.165) is 11.8 Å². The Kier molecular flexibility index (Phi) is 5.59. The highest BCUT2D eigenvalue weighted by Crippen LogP contribution is 2.29. The van der Waals surface area contributed by atoms with Crippen LogP contribution in [0.2, 0.25) is 0 Å². The molecule has 0 bridgehead atoms. The molecule has 1 amide bonds. The van der Waals surface area contributed by atoms with Crippen LogP contribution in [-0.2, 0) is 11.2 Å². The SMILES string of the molecule is O=C(Cc1ccc(Oc2ccncc2[N+](=O)[O-])cc1)NCCO. The minimum Gasteiger partial charge on any atom is -0.450 e. The van der Waals surface area contributed by atoms with Crippen molar-refractivity contribution < 1.29 is 19.6 Å². The Morgan fingerprint density at radius 1 is 1.30 bits per heavy atom. The Labute approximate surface area is 131 Å². The van der Waals surface area contributed by atoms with Crippen molar-refractivity contribution in [1.29, 1.82) is 0 Å². The van der Waals surface area contributed by atoms with E-state index in [-0.39, 0.29) is 36.9 Å². The monoisotopic (exact) mass is 317 g/mol. The van der Waals surface area contributed by atoms with E-state index in [1.807, 2.05) is 0 Å². The van der Waals surface area contributed by atoms with Crippen molar-refractivity contribution >= 4 is 11.6 Å². The molecule has 0 aliphatic rings. The number of aromatic nitrogens is 1. The molecule has 23 heavy (non-hydrogen) atoms. The summed E-state index contributed by atoms with van der Waals surface area (Å²) in [6.45, 7) is 0.106. The van der Waals surface area contributed by atoms with Gasteiger partial charge in [0.15, 0.2) is 0 Å². The van der Waals surface area contributed by atoms with Gasteiger partial charge in [0, 0.05) is 18.8 Å². The molecule has 120 valence electrons. The van der Waals surface area contributed by atoms with Gasteiger partial charge in [-0.15, -0.1) is 0 Å². The van der Waals surface area contributed by atoms with Gasteiger partial charge < -0.3 is 15.2 Å². The minimum absolute atomic E-state index is 0.0958. The quantitative estimate of drug-likeness (QED) is 0.590. The van der Waals surface area contributed by atoms with Crippen molar-refractivity contribution in [2.75, 3.05) is 13.2 Å². The van der Waals surface area contributed by atoms with Gasteiger partial charge in [0.25, 0.3) is 0 Å². The van der Waals surface area contributed by atoms with Gasteiger partial charge in [-0.2, -0.15) is 0 Å². The Morgan fingerprint density at radius 3 is 2.70 bits per heavy atom. The molecule has 0 radical (unpaired) electrons. The number of ether oxygens (including phenoxy) is 1. The first-order chi connectivity index (χ1) is 11.1. The molecule has 1 aromatic heterocycles. The second-order valence-corrected chi connectivity index (χ2v) is 4.60. The number of carbonyl (C=O) groups is 1. The summed E-state index contributed by atoms with van der Waals surface area (Å²) < 4.78 is 5.48. The Hall–Kier alpha value is -3.00. The van der Waals surface area contributed by atoms with Crippen LogP contribution in [0.4, 0.5) is 5.69 Å². The number of amides is 1. The normalized spacial score (nSPS) is 10.1. The molecule has 8 nitrogen and oxygen atoms in total. The third kappa shape index (κ3) is 4.75. The topological polar surface area (TPSA) is 115 Å². The summed E-state index contributed by atoms with van der Waals surface area (Å²) in [6, 6.07) is 8.05. The molecular weight excluding hydrogens is 302 g/mol. The first kappa shape index (κ1) is 16.4. The Balaban J connectivity index is 2.03. The van der Waals surface area contributed by atoms with Gasteiger partial charge in [0.05, 0.1) is 18.0 Å². The molecule has 0 fully saturated rings. The Morgan fingerprint density at radius 2 is 2.04 bits per heavy atom. The lowest BCUT2D eigenvalue weighted by Gasteiger charge is -2.07. The number of nitro groups is 1. The van der Waals surface area contributed by atoms with Gasteiger partial charge >= 0.3 is 5.69 Å². The largest absolute Gasteiger partial charge is 0.450 e. The molecule has 0 atom stereocenters. The highest BCUT2D eigenvalue weighted by atomic mass is 16.6. The highest BCUT2D eigenvalue weighted by molar-refractivity contribution is 5.78. The predicted octanol–water partition coefficient (Wildman–Crippen LogP) is 1.43. The minimum atomic E-state index is -0.567. The molecule has 0 saturated carbocycles. The number of hydrogen-bond donors (Lipinski definition) is 2. The number of aliphatic hydroxyl groups is 1. The number of nitrogens with one attached hydrogen (secondary N) is 1. The third-order valence-electron chi connectivity index (χ3n) is 2.91. The predicted molar refractivity (Wildman–Crippen MR) is 81.2 cm³/mol. The lowest BCUT2D eigenvalue weighted by molar-refractivity contribution is -0.386. The molecular formula is C15H15N3O5. The molecule has 8 heteroatoms. The zero-order valence-corrected chi connectivity index (χ0v) is 12.1. The van der Waals surface area contributed by atoms with Crippen molar-refractivity contribution in [2.45, 2.75) is 6.42 Å². The maximum absolute atomic E-state index is 11.5. The van der Waals surface area contributed by atoms with Crippen LogP contribution in [0.25, 0.3) is 0 Å². The molecule has 0 aliphatic heterocycles. The summed E-state index contributed by atoms with van der Waals surface area (Å²) in [7, 11) is 0. The van der Waals surface area contributed by atoms with Gasteiger partial charge in [0.2, 0.25) is 11.7 Å². The zero-order valence-electron chi connectivity index (χ0n) is 12.1. The van der Waals surface area contributed by atoms with Crippen molar-refractivity contribution in [3.8, 4) is 11.5 Å². The van der Waals surface area contributed by atoms with E-state index in [0.29, 0.717) is 5.75 Å². The molecule has 0 spiro atoms. The van der Waals surface area contributed by atoms with Gasteiger partial charge in [-0.3, -0.25) is 19.9 Å². The number of carbonyl (C=O) groups excluding carboxylic acids is 1. The van der Waals surface area contributed by atoms with Crippen LogP contribution in [0.5, 0.6) is 11.5 Å². The second-order valence-electron chi connectivity index (χ2n) is 4.60. The number of aliphatic hydroxyl groups excluding tert-OH is 1. The smallest absolute Gasteiger partial charge is 0.329 e. The highest BCUT2D eigenvalue weighted by Gasteiger charge is 2.15. The molecule has 0 saturated heterocycles. The van der Waals surface area contributed by atoms with E-state index in [2.05, 4.69) is 10.3 Å². The van der Waals surface area contributed by atoms with Crippen LogP contribution in [0.3, 0.4) is 0 Å². The van der Waals surface area contributed by atoms with E-state index in [4.69, 9.17) is 9.84 Å². The van der Waals surface area contributed by atoms with Crippen molar-refractivity contribution in [3.63, 3.8) is 0 Å². The summed E-state index contributed by atoms with van der Waals surface area (Å²) in [6.07, 6.45) is 2.70. The number of pyridine rings is 1. The van der Waals surface area contributed by atoms with Crippen LogP contribution in [0.15, 0.2) is 42.7 Å². The molecule has 1 heterocycles. The van der Waals surface area contributed by atoms with Crippen LogP contribution in [0, 0.1) is 10.1 Å². The van der Waals surface area contributed by atoms with Crippen molar-refractivity contribution in [1.82, 2.24) is 10.3 Å². The Bertz CT molecular complexity index is 688. The molecule has 0 unspecified atom stereocenters. The summed E-state index contributed by atoms with van der Waals surface area (Å²) in [5.74, 6) is 0.315. The van der Waals surface area contributed by atoms with Crippen molar-refractivity contribution in [3.05, 3.63) is 58.4 Å². The average molecular weight is 317 g/mol. The van der Waals surface area contributed by atoms with Crippen molar-refractivity contribution in [2.24, 2.45) is 0 Å². The van der Waals surface area contributed by atoms with Crippen LogP contribution in [0.1, 0.15) is 5.56 Å². The van der Waals surface area contributed by atoms with Gasteiger partial charge in [-0.1, -0.05) is 12.1 Å². The molecule has 2 N–H and O–H groups in total. The summed E-state index contributed by atoms with van der Waals surface area (Å²) >= 11 is 0. The third-order valence-corrected chi connectivity index (χ3v) is 2.91. The molecule has 2 aromatic rings. The first-order valence-electron chi connectivity index (χ1n) is 6.83. The van der Waals surface area contributed by atoms with Crippen LogP contribution in [-0.4, -0.2) is 34.1 Å². The molecule has 1 aromatic carbocycles. The summed E-state index contributed by atoms with van der Waals surface area (Å²) in [4.78, 5) is 25.6. The second kappa shape index (κ2) is 7.85. The number of benzene rings is 1. The van der Waals surface area contributed by atoms with E-state index in [1.54, 1.807) is 24.3 Å². The number of hydrogen-bond acceptors (Lipinski definition) is 6. The summed E-state index contributed by atoms with van der Waals surface area (Å²) in [5, 5.41) is 22.1. The lowest BCUT2D eigenvalue weighted by atomic mass is 10.1. The van der Waals surface area contributed by atoms with E-state index in [9.17, 15) is 14.9 Å². The first-order valence-corrected chi connectivity index (χ1v) is 6.83. The lowest BCUT2D eigenvalue weighted by Crippen LogP contribution is -2.27. The molecule has 0 aliphatic carbocycles. The van der Waals surface area contributed by atoms with Gasteiger partial charge in [-0.25, -0.2) is 0 Å². The van der Waals surface area contributed by atoms with E-state index < -0.39 is 4.92 Å². The van der Waals surface area contributed by atoms with E-state index >= 15 is 0 Å². The number of nitrogens with zero attached hydrogens (tertiary/aromatic N) is 2. The standard InChI is InChI=1S/C15H15N3O5/c19-8-7-17-15(20)9-11-1-3-12(4-2-11)23-14-5-6-16-10-13(14)18(21)22/h1-6,10,19H,7-9H2,(H,17,20). The zero-order chi connectivity index (χ0) is 16.7. The van der Waals surface area contributed by atoms with Gasteiger partial charge in [-0.05, 0) is 17.7 Å². The fourth-order valence-electron chi connectivity index (χ4n) is 1.84. The maximum Gasteiger partial charge on any atom is 0.329 e. The van der Waals surface area contributed by atoms with Crippen LogP contribution >= 0.6 is 0 Å². The maximum atomic E-state index is 11.5. The summed E-state index contributed by atoms with van der Waals surface area (Å²) in [5.41, 5.74) is 0.539. The number of rotatable bonds is 7. The molecule has 2 rings (SSSR count). The van der Waals surface area contributed by atoms with Crippen LogP contribution < -0.4 is 10.1 Å².